The molecular formula is C19H30O2. The number of hydrogen-bond donors (Lipinski definition) is 1. The van der Waals surface area contributed by atoms with Crippen LogP contribution in [0.2, 0.25) is 0 Å². The van der Waals surface area contributed by atoms with Crippen molar-refractivity contribution in [2.24, 2.45) is 0 Å². The fourth-order valence-corrected chi connectivity index (χ4v) is 2.74. The molecule has 1 N–H and O–H groups in total. The highest BCUT2D eigenvalue weighted by Crippen LogP contribution is 2.24. The monoisotopic (exact) mass is 290 g/mol. The third-order valence-corrected chi connectivity index (χ3v) is 4.03. The molecule has 0 fully saturated rings. The highest BCUT2D eigenvalue weighted by Gasteiger charge is 2.13. The van der Waals surface area contributed by atoms with E-state index in [1.54, 1.807) is 13.0 Å². The summed E-state index contributed by atoms with van der Waals surface area (Å²) in [6, 6.07) is 7.41. The Kier molecular flexibility index (Phi) is 9.00. The van der Waals surface area contributed by atoms with Crippen LogP contribution in [0.25, 0.3) is 0 Å². The summed E-state index contributed by atoms with van der Waals surface area (Å²) in [6.45, 7) is 3.79. The van der Waals surface area contributed by atoms with Gasteiger partial charge in [0, 0.05) is 5.56 Å². The summed E-state index contributed by atoms with van der Waals surface area (Å²) in [5.41, 5.74) is 1.44. The molecule has 0 amide bonds. The Morgan fingerprint density at radius 1 is 1.00 bits per heavy atom. The summed E-state index contributed by atoms with van der Waals surface area (Å²) in [7, 11) is 0. The van der Waals surface area contributed by atoms with E-state index >= 15 is 0 Å². The number of aliphatic hydroxyl groups excluding tert-OH is 1. The van der Waals surface area contributed by atoms with E-state index in [1.807, 2.05) is 18.2 Å². The second kappa shape index (κ2) is 10.6. The largest absolute Gasteiger partial charge is 0.388 e. The van der Waals surface area contributed by atoms with Crippen molar-refractivity contribution < 1.29 is 9.90 Å². The van der Waals surface area contributed by atoms with Gasteiger partial charge in [-0.3, -0.25) is 4.79 Å². The van der Waals surface area contributed by atoms with Gasteiger partial charge in [-0.25, -0.2) is 0 Å². The predicted molar refractivity (Wildman–Crippen MR) is 88.6 cm³/mol. The molecule has 1 aromatic carbocycles. The van der Waals surface area contributed by atoms with Crippen LogP contribution >= 0.6 is 0 Å². The first kappa shape index (κ1) is 17.9. The summed E-state index contributed by atoms with van der Waals surface area (Å²) in [5.74, 6) is 0.0283. The number of Topliss-reactive ketones (excluding diaryl/α,β-unsaturated/α-hetero) is 1. The molecule has 0 spiro atoms. The van der Waals surface area contributed by atoms with E-state index in [0.29, 0.717) is 5.56 Å². The van der Waals surface area contributed by atoms with Crippen molar-refractivity contribution in [2.45, 2.75) is 77.7 Å². The topological polar surface area (TPSA) is 37.3 Å². The lowest BCUT2D eigenvalue weighted by Crippen LogP contribution is -2.05. The summed E-state index contributed by atoms with van der Waals surface area (Å²) in [5, 5.41) is 10.3. The lowest BCUT2D eigenvalue weighted by atomic mass is 9.96. The molecule has 0 aromatic heterocycles. The molecule has 2 nitrogen and oxygen atoms in total. The average Bonchev–Trinajstić information content (AvgIpc) is 2.49. The van der Waals surface area contributed by atoms with Crippen LogP contribution in [0.5, 0.6) is 0 Å². The molecule has 0 saturated heterocycles. The van der Waals surface area contributed by atoms with Crippen LogP contribution in [-0.2, 0) is 0 Å². The molecule has 1 atom stereocenters. The molecule has 0 aliphatic rings. The number of ketones is 1. The van der Waals surface area contributed by atoms with Gasteiger partial charge in [-0.15, -0.1) is 0 Å². The maximum Gasteiger partial charge on any atom is 0.160 e. The zero-order valence-corrected chi connectivity index (χ0v) is 13.6. The maximum absolute atomic E-state index is 11.6. The van der Waals surface area contributed by atoms with Gasteiger partial charge in [0.25, 0.3) is 0 Å². The van der Waals surface area contributed by atoms with Crippen molar-refractivity contribution in [1.29, 1.82) is 0 Å². The van der Waals surface area contributed by atoms with Crippen LogP contribution in [0.15, 0.2) is 24.3 Å². The van der Waals surface area contributed by atoms with Crippen LogP contribution < -0.4 is 0 Å². The smallest absolute Gasteiger partial charge is 0.160 e. The second-order valence-electron chi connectivity index (χ2n) is 5.92. The molecule has 0 heterocycles. The van der Waals surface area contributed by atoms with E-state index in [0.717, 1.165) is 18.4 Å². The predicted octanol–water partition coefficient (Wildman–Crippen LogP) is 5.45. The van der Waals surface area contributed by atoms with Gasteiger partial charge >= 0.3 is 0 Å². The Morgan fingerprint density at radius 2 is 1.57 bits per heavy atom. The minimum Gasteiger partial charge on any atom is -0.388 e. The molecule has 0 aliphatic heterocycles. The number of unbranched alkanes of at least 4 members (excludes halogenated alkanes) is 7. The first-order chi connectivity index (χ1) is 10.2. The van der Waals surface area contributed by atoms with Crippen molar-refractivity contribution in [3.8, 4) is 0 Å². The molecule has 2 heteroatoms. The van der Waals surface area contributed by atoms with Gasteiger partial charge in [-0.1, -0.05) is 82.6 Å². The summed E-state index contributed by atoms with van der Waals surface area (Å²) < 4.78 is 0. The Labute approximate surface area is 129 Å². The average molecular weight is 290 g/mol. The third-order valence-electron chi connectivity index (χ3n) is 4.03. The van der Waals surface area contributed by atoms with E-state index in [4.69, 9.17) is 0 Å². The molecule has 0 saturated carbocycles. The summed E-state index contributed by atoms with van der Waals surface area (Å²) >= 11 is 0. The fourth-order valence-electron chi connectivity index (χ4n) is 2.74. The number of carbonyl (C=O) groups is 1. The lowest BCUT2D eigenvalue weighted by molar-refractivity contribution is 0.100. The normalized spacial score (nSPS) is 12.3. The Bertz CT molecular complexity index is 412. The molecule has 1 rings (SSSR count). The third kappa shape index (κ3) is 6.90. The van der Waals surface area contributed by atoms with Gasteiger partial charge in [-0.2, -0.15) is 0 Å². The van der Waals surface area contributed by atoms with Crippen LogP contribution in [0, 0.1) is 0 Å². The molecule has 0 aliphatic carbocycles. The van der Waals surface area contributed by atoms with Crippen molar-refractivity contribution in [1.82, 2.24) is 0 Å². The minimum absolute atomic E-state index is 0.0283. The second-order valence-corrected chi connectivity index (χ2v) is 5.92. The first-order valence-electron chi connectivity index (χ1n) is 8.44. The maximum atomic E-state index is 11.6. The molecule has 118 valence electrons. The van der Waals surface area contributed by atoms with E-state index in [1.165, 1.54) is 44.9 Å². The van der Waals surface area contributed by atoms with Crippen molar-refractivity contribution >= 4 is 5.78 Å². The van der Waals surface area contributed by atoms with Crippen molar-refractivity contribution in [3.05, 3.63) is 35.4 Å². The van der Waals surface area contributed by atoms with E-state index < -0.39 is 6.10 Å². The Balaban J connectivity index is 2.25. The SMILES string of the molecule is CCCCCCCCCCC(O)c1ccccc1C(C)=O. The molecule has 0 bridgehead atoms. The van der Waals surface area contributed by atoms with Gasteiger partial charge in [-0.05, 0) is 18.9 Å². The summed E-state index contributed by atoms with van der Waals surface area (Å²) in [6.07, 6.45) is 10.3. The van der Waals surface area contributed by atoms with Crippen LogP contribution in [0.3, 0.4) is 0 Å². The number of hydrogen-bond acceptors (Lipinski definition) is 2. The van der Waals surface area contributed by atoms with Gasteiger partial charge in [0.1, 0.15) is 0 Å². The standard InChI is InChI=1S/C19H30O2/c1-3-4-5-6-7-8-9-10-15-19(21)18-14-12-11-13-17(18)16(2)20/h11-14,19,21H,3-10,15H2,1-2H3. The van der Waals surface area contributed by atoms with Gasteiger partial charge in [0.05, 0.1) is 6.10 Å². The quantitative estimate of drug-likeness (QED) is 0.434. The highest BCUT2D eigenvalue weighted by molar-refractivity contribution is 5.95. The van der Waals surface area contributed by atoms with E-state index in [-0.39, 0.29) is 5.78 Å². The zero-order valence-electron chi connectivity index (χ0n) is 13.6. The number of rotatable bonds is 11. The van der Waals surface area contributed by atoms with Crippen LogP contribution in [-0.4, -0.2) is 10.9 Å². The molecule has 1 aromatic rings. The Hall–Kier alpha value is -1.15. The van der Waals surface area contributed by atoms with Crippen LogP contribution in [0.4, 0.5) is 0 Å². The van der Waals surface area contributed by atoms with Gasteiger partial charge in [0.2, 0.25) is 0 Å². The molecule has 21 heavy (non-hydrogen) atoms. The van der Waals surface area contributed by atoms with Gasteiger partial charge < -0.3 is 5.11 Å². The Morgan fingerprint density at radius 3 is 2.19 bits per heavy atom. The van der Waals surface area contributed by atoms with E-state index in [2.05, 4.69) is 6.92 Å². The molecule has 1 unspecified atom stereocenters. The number of carbonyl (C=O) groups excluding carboxylic acids is 1. The minimum atomic E-state index is -0.509. The summed E-state index contributed by atoms with van der Waals surface area (Å²) in [4.78, 5) is 11.6. The van der Waals surface area contributed by atoms with Crippen molar-refractivity contribution in [3.63, 3.8) is 0 Å². The van der Waals surface area contributed by atoms with Crippen molar-refractivity contribution in [2.75, 3.05) is 0 Å². The first-order valence-corrected chi connectivity index (χ1v) is 8.44. The molecule has 0 radical (unpaired) electrons. The van der Waals surface area contributed by atoms with Crippen LogP contribution in [0.1, 0.15) is 93.7 Å². The fraction of sp³-hybridized carbons (Fsp3) is 0.632. The lowest BCUT2D eigenvalue weighted by Gasteiger charge is -2.14. The van der Waals surface area contributed by atoms with Gasteiger partial charge in [0.15, 0.2) is 5.78 Å². The van der Waals surface area contributed by atoms with E-state index in [9.17, 15) is 9.90 Å². The molecular weight excluding hydrogens is 260 g/mol. The number of aliphatic hydroxyl groups is 1. The number of benzene rings is 1. The zero-order chi connectivity index (χ0) is 15.5. The highest BCUT2D eigenvalue weighted by atomic mass is 16.3.